The van der Waals surface area contributed by atoms with Crippen molar-refractivity contribution in [3.63, 3.8) is 0 Å². The van der Waals surface area contributed by atoms with Crippen LogP contribution >= 0.6 is 23.4 Å². The van der Waals surface area contributed by atoms with Gasteiger partial charge < -0.3 is 5.32 Å². The highest BCUT2D eigenvalue weighted by Gasteiger charge is 2.19. The van der Waals surface area contributed by atoms with Crippen LogP contribution in [0.1, 0.15) is 42.1 Å². The van der Waals surface area contributed by atoms with Gasteiger partial charge in [-0.05, 0) is 60.9 Å². The fourth-order valence-electron chi connectivity index (χ4n) is 3.80. The Morgan fingerprint density at radius 3 is 2.66 bits per heavy atom. The molecule has 0 saturated carbocycles. The average molecular weight is 425 g/mol. The third-order valence-corrected chi connectivity index (χ3v) is 6.84. The van der Waals surface area contributed by atoms with Crippen molar-refractivity contribution < 1.29 is 4.79 Å². The number of benzene rings is 2. The summed E-state index contributed by atoms with van der Waals surface area (Å²) < 4.78 is 0. The van der Waals surface area contributed by atoms with Gasteiger partial charge in [0.2, 0.25) is 5.91 Å². The maximum Gasteiger partial charge on any atom is 0.230 e. The Kier molecular flexibility index (Phi) is 6.41. The molecule has 0 saturated heterocycles. The summed E-state index contributed by atoms with van der Waals surface area (Å²) in [6.07, 6.45) is 5.42. The van der Waals surface area contributed by atoms with Gasteiger partial charge in [-0.1, -0.05) is 48.9 Å². The fourth-order valence-corrected chi connectivity index (χ4v) is 5.07. The minimum atomic E-state index is 0.0538. The van der Waals surface area contributed by atoms with E-state index in [0.29, 0.717) is 17.3 Å². The molecule has 29 heavy (non-hydrogen) atoms. The van der Waals surface area contributed by atoms with Crippen LogP contribution in [0.4, 0.5) is 0 Å². The Balaban J connectivity index is 1.47. The lowest BCUT2D eigenvalue weighted by Crippen LogP contribution is -2.24. The molecule has 1 aliphatic rings. The molecule has 0 bridgehead atoms. The number of aryl methyl sites for hydroxylation is 2. The molecule has 0 spiro atoms. The first-order valence-corrected chi connectivity index (χ1v) is 11.6. The highest BCUT2D eigenvalue weighted by atomic mass is 35.5. The molecule has 0 atom stereocenters. The molecular weight excluding hydrogens is 400 g/mol. The van der Waals surface area contributed by atoms with Crippen LogP contribution in [0, 0.1) is 0 Å². The van der Waals surface area contributed by atoms with Crippen molar-refractivity contribution in [2.45, 2.75) is 50.5 Å². The summed E-state index contributed by atoms with van der Waals surface area (Å²) in [5.74, 6) is 0.458. The van der Waals surface area contributed by atoms with Crippen LogP contribution in [0.2, 0.25) is 5.02 Å². The second-order valence-electron chi connectivity index (χ2n) is 7.47. The van der Waals surface area contributed by atoms with E-state index >= 15 is 0 Å². The van der Waals surface area contributed by atoms with Gasteiger partial charge in [0.05, 0.1) is 11.3 Å². The number of halogens is 1. The van der Waals surface area contributed by atoms with Gasteiger partial charge in [0.15, 0.2) is 0 Å². The van der Waals surface area contributed by atoms with Gasteiger partial charge in [-0.2, -0.15) is 0 Å². The number of hydrogen-bond acceptors (Lipinski definition) is 3. The number of nitrogens with one attached hydrogen (secondary N) is 1. The van der Waals surface area contributed by atoms with E-state index in [4.69, 9.17) is 16.6 Å². The molecule has 1 N–H and O–H groups in total. The maximum absolute atomic E-state index is 12.5. The summed E-state index contributed by atoms with van der Waals surface area (Å²) in [4.78, 5) is 18.6. The predicted octanol–water partition coefficient (Wildman–Crippen LogP) is 5.74. The van der Waals surface area contributed by atoms with Gasteiger partial charge in [-0.3, -0.25) is 9.78 Å². The summed E-state index contributed by atoms with van der Waals surface area (Å²) in [5.41, 5.74) is 5.85. The van der Waals surface area contributed by atoms with Gasteiger partial charge in [0.25, 0.3) is 0 Å². The molecule has 1 amide bonds. The van der Waals surface area contributed by atoms with Crippen molar-refractivity contribution in [2.75, 3.05) is 5.75 Å². The van der Waals surface area contributed by atoms with E-state index in [-0.39, 0.29) is 5.91 Å². The Labute approximate surface area is 181 Å². The summed E-state index contributed by atoms with van der Waals surface area (Å²) in [5, 5.41) is 4.85. The van der Waals surface area contributed by atoms with Gasteiger partial charge in [-0.25, -0.2) is 0 Å². The zero-order valence-electron chi connectivity index (χ0n) is 16.6. The van der Waals surface area contributed by atoms with Crippen molar-refractivity contribution in [2.24, 2.45) is 0 Å². The molecule has 3 nitrogen and oxygen atoms in total. The number of thioether (sulfide) groups is 1. The summed E-state index contributed by atoms with van der Waals surface area (Å²) in [7, 11) is 0. The van der Waals surface area contributed by atoms with Crippen molar-refractivity contribution in [1.82, 2.24) is 10.3 Å². The molecule has 0 fully saturated rings. The van der Waals surface area contributed by atoms with Gasteiger partial charge in [-0.15, -0.1) is 11.8 Å². The van der Waals surface area contributed by atoms with Crippen LogP contribution in [0.15, 0.2) is 47.4 Å². The number of carbonyl (C=O) groups excluding carboxylic acids is 1. The number of pyridine rings is 1. The highest BCUT2D eigenvalue weighted by molar-refractivity contribution is 8.00. The van der Waals surface area contributed by atoms with Crippen LogP contribution < -0.4 is 5.32 Å². The molecule has 1 aliphatic carbocycles. The number of amides is 1. The van der Waals surface area contributed by atoms with Crippen LogP contribution in [0.5, 0.6) is 0 Å². The SMILES string of the molecule is CCc1ccc(CNC(=O)CSc2c3c(nc4cc(Cl)ccc24)CCCC3)cc1. The normalized spacial score (nSPS) is 13.3. The number of aromatic nitrogens is 1. The van der Waals surface area contributed by atoms with E-state index in [9.17, 15) is 4.79 Å². The first-order chi connectivity index (χ1) is 14.1. The number of fused-ring (bicyclic) bond motifs is 2. The Bertz CT molecular complexity index is 1030. The summed E-state index contributed by atoms with van der Waals surface area (Å²) in [6.45, 7) is 2.71. The monoisotopic (exact) mass is 424 g/mol. The first kappa shape index (κ1) is 20.2. The summed E-state index contributed by atoms with van der Waals surface area (Å²) >= 11 is 7.81. The van der Waals surface area contributed by atoms with Crippen LogP contribution in [0.3, 0.4) is 0 Å². The molecule has 0 unspecified atom stereocenters. The lowest BCUT2D eigenvalue weighted by Gasteiger charge is -2.20. The van der Waals surface area contributed by atoms with Crippen molar-refractivity contribution in [1.29, 1.82) is 0 Å². The zero-order valence-corrected chi connectivity index (χ0v) is 18.2. The topological polar surface area (TPSA) is 42.0 Å². The van der Waals surface area contributed by atoms with Crippen LogP contribution in [-0.2, 0) is 30.6 Å². The van der Waals surface area contributed by atoms with Crippen molar-refractivity contribution >= 4 is 40.2 Å². The number of rotatable bonds is 6. The van der Waals surface area contributed by atoms with Gasteiger partial charge >= 0.3 is 0 Å². The van der Waals surface area contributed by atoms with E-state index in [1.54, 1.807) is 11.8 Å². The van der Waals surface area contributed by atoms with Gasteiger partial charge in [0.1, 0.15) is 0 Å². The minimum absolute atomic E-state index is 0.0538. The van der Waals surface area contributed by atoms with Crippen LogP contribution in [0.25, 0.3) is 10.9 Å². The minimum Gasteiger partial charge on any atom is -0.351 e. The number of carbonyl (C=O) groups is 1. The Morgan fingerprint density at radius 1 is 1.10 bits per heavy atom. The molecule has 1 aromatic heterocycles. The Hall–Kier alpha value is -2.04. The maximum atomic E-state index is 12.5. The van der Waals surface area contributed by atoms with Crippen LogP contribution in [-0.4, -0.2) is 16.6 Å². The molecule has 0 aliphatic heterocycles. The van der Waals surface area contributed by atoms with E-state index < -0.39 is 0 Å². The second-order valence-corrected chi connectivity index (χ2v) is 8.89. The van der Waals surface area contributed by atoms with Gasteiger partial charge in [0, 0.05) is 27.5 Å². The lowest BCUT2D eigenvalue weighted by molar-refractivity contribution is -0.118. The molecule has 5 heteroatoms. The average Bonchev–Trinajstić information content (AvgIpc) is 2.75. The standard InChI is InChI=1S/C24H25ClN2OS/c1-2-16-7-9-17(10-8-16)14-26-23(28)15-29-24-19-5-3-4-6-21(19)27-22-13-18(25)11-12-20(22)24/h7-13H,2-6,14-15H2,1H3,(H,26,28). The second kappa shape index (κ2) is 9.19. The van der Waals surface area contributed by atoms with E-state index in [1.807, 2.05) is 18.2 Å². The quantitative estimate of drug-likeness (QED) is 0.513. The van der Waals surface area contributed by atoms with E-state index in [2.05, 4.69) is 36.5 Å². The molecule has 2 aromatic carbocycles. The molecule has 150 valence electrons. The molecule has 1 heterocycles. The number of nitrogens with zero attached hydrogens (tertiary/aromatic N) is 1. The molecule has 3 aromatic rings. The van der Waals surface area contributed by atoms with Crippen molar-refractivity contribution in [3.8, 4) is 0 Å². The molecule has 4 rings (SSSR count). The largest absolute Gasteiger partial charge is 0.351 e. The molecule has 0 radical (unpaired) electrons. The smallest absolute Gasteiger partial charge is 0.230 e. The Morgan fingerprint density at radius 2 is 1.86 bits per heavy atom. The highest BCUT2D eigenvalue weighted by Crippen LogP contribution is 2.36. The zero-order chi connectivity index (χ0) is 20.2. The van der Waals surface area contributed by atoms with E-state index in [1.165, 1.54) is 34.6 Å². The fraction of sp³-hybridized carbons (Fsp3) is 0.333. The van der Waals surface area contributed by atoms with E-state index in [0.717, 1.165) is 35.7 Å². The van der Waals surface area contributed by atoms with Crippen molar-refractivity contribution in [3.05, 3.63) is 69.9 Å². The first-order valence-electron chi connectivity index (χ1n) is 10.2. The third-order valence-electron chi connectivity index (χ3n) is 5.44. The summed E-state index contributed by atoms with van der Waals surface area (Å²) in [6, 6.07) is 14.3. The predicted molar refractivity (Wildman–Crippen MR) is 122 cm³/mol. The third kappa shape index (κ3) is 4.76. The number of hydrogen-bond donors (Lipinski definition) is 1. The lowest BCUT2D eigenvalue weighted by atomic mass is 9.94. The molecular formula is C24H25ClN2OS.